The zero-order valence-electron chi connectivity index (χ0n) is 18.4. The largest absolute Gasteiger partial charge is 0.480 e. The average Bonchev–Trinajstić information content (AvgIpc) is 2.75. The van der Waals surface area contributed by atoms with Crippen molar-refractivity contribution >= 4 is 17.9 Å². The van der Waals surface area contributed by atoms with Crippen molar-refractivity contribution in [2.75, 3.05) is 13.1 Å². The lowest BCUT2D eigenvalue weighted by molar-refractivity contribution is -0.139. The zero-order chi connectivity index (χ0) is 24.9. The van der Waals surface area contributed by atoms with Crippen LogP contribution in [0.5, 0.6) is 0 Å². The molecule has 0 unspecified atom stereocenters. The lowest BCUT2D eigenvalue weighted by Crippen LogP contribution is -2.32. The molecule has 1 aromatic rings. The number of benzene rings is 1. The Balaban J connectivity index is 0. The lowest BCUT2D eigenvalue weighted by atomic mass is 10.1. The molecule has 0 radical (unpaired) electrons. The van der Waals surface area contributed by atoms with Crippen molar-refractivity contribution < 1.29 is 29.7 Å². The quantitative estimate of drug-likeness (QED) is 0.179. The van der Waals surface area contributed by atoms with Gasteiger partial charge in [0.25, 0.3) is 0 Å². The van der Waals surface area contributed by atoms with Crippen LogP contribution in [-0.4, -0.2) is 64.4 Å². The molecule has 0 aromatic heterocycles. The average molecular weight is 458 g/mol. The first-order chi connectivity index (χ1) is 15.1. The molecular weight excluding hydrogens is 418 g/mol. The van der Waals surface area contributed by atoms with E-state index in [4.69, 9.17) is 44.0 Å². The second kappa shape index (κ2) is 20.3. The number of unbranched alkanes of at least 4 members (excludes halogenated alkanes) is 2. The summed E-state index contributed by atoms with van der Waals surface area (Å²) >= 11 is 0. The van der Waals surface area contributed by atoms with E-state index < -0.39 is 36.0 Å². The number of carboxylic acid groups (broad SMARTS) is 3. The molecule has 0 bridgehead atoms. The van der Waals surface area contributed by atoms with Crippen molar-refractivity contribution in [2.45, 2.75) is 63.1 Å². The fourth-order valence-electron chi connectivity index (χ4n) is 2.22. The predicted octanol–water partition coefficient (Wildman–Crippen LogP) is -0.304. The van der Waals surface area contributed by atoms with Crippen LogP contribution in [0.4, 0.5) is 0 Å². The van der Waals surface area contributed by atoms with Gasteiger partial charge in [-0.05, 0) is 50.8 Å². The highest BCUT2D eigenvalue weighted by Crippen LogP contribution is 2.01. The fraction of sp³-hybridized carbons (Fsp3) is 0.571. The molecule has 0 aliphatic carbocycles. The summed E-state index contributed by atoms with van der Waals surface area (Å²) in [5.74, 6) is -2.83. The number of carboxylic acids is 3. The summed E-state index contributed by atoms with van der Waals surface area (Å²) in [5, 5.41) is 25.2. The standard InChI is InChI=1S/C9H11NO2.2C6H14N2O2/c10-8(9(11)12)6-7-4-2-1-3-5-7;2*7-4-2-1-3-5(8)6(9)10/h1-5,8H,6,10H2,(H,11,12);2*5H,1-4,7-8H2,(H,9,10)/t8-;2*5-/m000/s1. The number of rotatable bonds is 13. The summed E-state index contributed by atoms with van der Waals surface area (Å²) in [6.45, 7) is 1.21. The van der Waals surface area contributed by atoms with Crippen molar-refractivity contribution in [2.24, 2.45) is 28.7 Å². The second-order valence-electron chi connectivity index (χ2n) is 7.09. The molecule has 0 saturated heterocycles. The highest BCUT2D eigenvalue weighted by Gasteiger charge is 2.11. The van der Waals surface area contributed by atoms with Crippen LogP contribution in [0.2, 0.25) is 0 Å². The van der Waals surface area contributed by atoms with Crippen LogP contribution in [0.3, 0.4) is 0 Å². The zero-order valence-corrected chi connectivity index (χ0v) is 18.4. The molecule has 32 heavy (non-hydrogen) atoms. The van der Waals surface area contributed by atoms with Crippen molar-refractivity contribution in [1.82, 2.24) is 0 Å². The van der Waals surface area contributed by atoms with Crippen LogP contribution in [0.1, 0.15) is 44.1 Å². The maximum absolute atomic E-state index is 10.4. The van der Waals surface area contributed by atoms with E-state index in [0.29, 0.717) is 32.4 Å². The Morgan fingerprint density at radius 1 is 0.656 bits per heavy atom. The maximum Gasteiger partial charge on any atom is 0.320 e. The van der Waals surface area contributed by atoms with Gasteiger partial charge in [0.2, 0.25) is 0 Å². The maximum atomic E-state index is 10.4. The summed E-state index contributed by atoms with van der Waals surface area (Å²) in [7, 11) is 0. The molecule has 1 rings (SSSR count). The van der Waals surface area contributed by atoms with E-state index in [9.17, 15) is 14.4 Å². The normalized spacial score (nSPS) is 12.8. The SMILES string of the molecule is NCCCC[C@H](N)C(=O)O.NCCCC[C@H](N)C(=O)O.N[C@@H](Cc1ccccc1)C(=O)O. The molecule has 184 valence electrons. The van der Waals surface area contributed by atoms with E-state index >= 15 is 0 Å². The first-order valence-corrected chi connectivity index (χ1v) is 10.5. The summed E-state index contributed by atoms with van der Waals surface area (Å²) in [6.07, 6.45) is 4.71. The molecule has 3 atom stereocenters. The molecular formula is C21H39N5O6. The number of nitrogens with two attached hydrogens (primary N) is 5. The molecule has 0 aliphatic heterocycles. The Labute approximate surface area is 188 Å². The lowest BCUT2D eigenvalue weighted by Gasteiger charge is -2.04. The topological polar surface area (TPSA) is 242 Å². The van der Waals surface area contributed by atoms with Crippen LogP contribution >= 0.6 is 0 Å². The van der Waals surface area contributed by atoms with Gasteiger partial charge in [-0.2, -0.15) is 0 Å². The number of carbonyl (C=O) groups is 3. The number of hydrogen-bond donors (Lipinski definition) is 8. The monoisotopic (exact) mass is 457 g/mol. The summed E-state index contributed by atoms with van der Waals surface area (Å²) in [5.41, 5.74) is 27.1. The molecule has 0 fully saturated rings. The van der Waals surface area contributed by atoms with Crippen LogP contribution in [0, 0.1) is 0 Å². The third-order valence-corrected chi connectivity index (χ3v) is 4.19. The highest BCUT2D eigenvalue weighted by atomic mass is 16.4. The van der Waals surface area contributed by atoms with Gasteiger partial charge in [-0.3, -0.25) is 14.4 Å². The molecule has 1 aromatic carbocycles. The molecule has 0 spiro atoms. The smallest absolute Gasteiger partial charge is 0.320 e. The van der Waals surface area contributed by atoms with Gasteiger partial charge < -0.3 is 44.0 Å². The minimum Gasteiger partial charge on any atom is -0.480 e. The Kier molecular flexibility index (Phi) is 20.1. The van der Waals surface area contributed by atoms with Gasteiger partial charge in [-0.1, -0.05) is 43.2 Å². The van der Waals surface area contributed by atoms with Crippen molar-refractivity contribution in [3.05, 3.63) is 35.9 Å². The van der Waals surface area contributed by atoms with Crippen LogP contribution in [0.15, 0.2) is 30.3 Å². The summed E-state index contributed by atoms with van der Waals surface area (Å²) < 4.78 is 0. The van der Waals surface area contributed by atoms with Crippen LogP contribution < -0.4 is 28.7 Å². The third-order valence-electron chi connectivity index (χ3n) is 4.19. The van der Waals surface area contributed by atoms with Crippen LogP contribution in [0.25, 0.3) is 0 Å². The molecule has 11 nitrogen and oxygen atoms in total. The van der Waals surface area contributed by atoms with Gasteiger partial charge in [-0.25, -0.2) is 0 Å². The first-order valence-electron chi connectivity index (χ1n) is 10.5. The van der Waals surface area contributed by atoms with E-state index in [2.05, 4.69) is 0 Å². The molecule has 13 N–H and O–H groups in total. The van der Waals surface area contributed by atoms with Gasteiger partial charge >= 0.3 is 17.9 Å². The minimum atomic E-state index is -0.959. The van der Waals surface area contributed by atoms with E-state index in [1.807, 2.05) is 30.3 Å². The summed E-state index contributed by atoms with van der Waals surface area (Å²) in [4.78, 5) is 30.7. The first kappa shape index (κ1) is 31.6. The Morgan fingerprint density at radius 2 is 1.03 bits per heavy atom. The van der Waals surface area contributed by atoms with Crippen molar-refractivity contribution in [3.8, 4) is 0 Å². The number of hydrogen-bond acceptors (Lipinski definition) is 8. The van der Waals surface area contributed by atoms with Crippen molar-refractivity contribution in [3.63, 3.8) is 0 Å². The highest BCUT2D eigenvalue weighted by molar-refractivity contribution is 5.73. The Hall–Kier alpha value is -2.57. The van der Waals surface area contributed by atoms with Gasteiger partial charge in [0.15, 0.2) is 0 Å². The molecule has 11 heteroatoms. The van der Waals surface area contributed by atoms with Crippen molar-refractivity contribution in [1.29, 1.82) is 0 Å². The Morgan fingerprint density at radius 3 is 1.34 bits per heavy atom. The summed E-state index contributed by atoms with van der Waals surface area (Å²) in [6, 6.07) is 7.11. The predicted molar refractivity (Wildman–Crippen MR) is 123 cm³/mol. The van der Waals surface area contributed by atoms with E-state index in [1.54, 1.807) is 0 Å². The molecule has 0 saturated carbocycles. The molecule has 0 heterocycles. The Bertz CT molecular complexity index is 606. The van der Waals surface area contributed by atoms with E-state index in [1.165, 1.54) is 0 Å². The van der Waals surface area contributed by atoms with Gasteiger partial charge in [-0.15, -0.1) is 0 Å². The molecule has 0 amide bonds. The third kappa shape index (κ3) is 19.4. The van der Waals surface area contributed by atoms with E-state index in [0.717, 1.165) is 31.2 Å². The minimum absolute atomic E-state index is 0.385. The van der Waals surface area contributed by atoms with Gasteiger partial charge in [0, 0.05) is 0 Å². The number of aliphatic carboxylic acids is 3. The molecule has 0 aliphatic rings. The van der Waals surface area contributed by atoms with E-state index in [-0.39, 0.29) is 0 Å². The van der Waals surface area contributed by atoms with Crippen LogP contribution in [-0.2, 0) is 20.8 Å². The second-order valence-corrected chi connectivity index (χ2v) is 7.09. The fourth-order valence-corrected chi connectivity index (χ4v) is 2.22. The van der Waals surface area contributed by atoms with Gasteiger partial charge in [0.05, 0.1) is 0 Å². The van der Waals surface area contributed by atoms with Gasteiger partial charge in [0.1, 0.15) is 18.1 Å².